The van der Waals surface area contributed by atoms with Crippen molar-refractivity contribution in [2.75, 3.05) is 13.9 Å². The lowest BCUT2D eigenvalue weighted by atomic mass is 9.77. The molecule has 0 unspecified atom stereocenters. The monoisotopic (exact) mass is 541 g/mol. The van der Waals surface area contributed by atoms with Gasteiger partial charge in [0.25, 0.3) is 0 Å². The van der Waals surface area contributed by atoms with Crippen LogP contribution in [0.3, 0.4) is 0 Å². The number of fused-ring (bicyclic) bond motifs is 3. The molecular weight excluding hydrogens is 502 g/mol. The first-order valence-electron chi connectivity index (χ1n) is 13.4. The summed E-state index contributed by atoms with van der Waals surface area (Å²) in [5, 5.41) is 11.6. The Hall–Kier alpha value is -1.93. The molecule has 2 aromatic heterocycles. The molecule has 0 aliphatic heterocycles. The van der Waals surface area contributed by atoms with E-state index in [9.17, 15) is 0 Å². The van der Waals surface area contributed by atoms with Gasteiger partial charge in [0, 0.05) is 34.8 Å². The number of aryl methyl sites for hydroxylation is 2. The molecule has 0 amide bonds. The van der Waals surface area contributed by atoms with Crippen molar-refractivity contribution in [1.82, 2.24) is 14.8 Å². The molecule has 1 saturated carbocycles. The summed E-state index contributed by atoms with van der Waals surface area (Å²) in [5.74, 6) is 0.661. The number of benzene rings is 1. The summed E-state index contributed by atoms with van der Waals surface area (Å²) < 4.78 is 20.4. The van der Waals surface area contributed by atoms with Gasteiger partial charge in [0.2, 0.25) is 0 Å². The first-order chi connectivity index (χ1) is 17.3. The van der Waals surface area contributed by atoms with Crippen LogP contribution in [0, 0.1) is 6.92 Å². The molecule has 0 saturated heterocycles. The second-order valence-corrected chi connectivity index (χ2v) is 17.8. The van der Waals surface area contributed by atoms with Crippen molar-refractivity contribution in [3.8, 4) is 17.0 Å². The summed E-state index contributed by atoms with van der Waals surface area (Å²) in [7, 11) is -0.227. The molecule has 0 radical (unpaired) electrons. The van der Waals surface area contributed by atoms with Crippen LogP contribution < -0.4 is 4.74 Å². The predicted molar refractivity (Wildman–Crippen MR) is 152 cm³/mol. The molecule has 2 aliphatic rings. The Morgan fingerprint density at radius 1 is 1.14 bits per heavy atom. The third kappa shape index (κ3) is 4.73. The van der Waals surface area contributed by atoms with Crippen LogP contribution in [0.2, 0.25) is 23.2 Å². The number of halogens is 1. The van der Waals surface area contributed by atoms with Gasteiger partial charge in [-0.05, 0) is 93.4 Å². The lowest BCUT2D eigenvalue weighted by Crippen LogP contribution is -2.54. The number of hydrogen-bond acceptors (Lipinski definition) is 5. The maximum absolute atomic E-state index is 6.89. The Kier molecular flexibility index (Phi) is 6.75. The van der Waals surface area contributed by atoms with Gasteiger partial charge in [0.1, 0.15) is 5.75 Å². The van der Waals surface area contributed by atoms with E-state index in [4.69, 9.17) is 35.7 Å². The van der Waals surface area contributed by atoms with Crippen LogP contribution in [0.1, 0.15) is 69.8 Å². The summed E-state index contributed by atoms with van der Waals surface area (Å²) in [6.07, 6.45) is 5.40. The number of hydrogen-bond donors (Lipinski definition) is 0. The Bertz CT molecular complexity index is 1340. The van der Waals surface area contributed by atoms with Crippen LogP contribution in [0.15, 0.2) is 18.2 Å². The number of aromatic nitrogens is 3. The van der Waals surface area contributed by atoms with Crippen LogP contribution in [0.5, 0.6) is 5.75 Å². The Morgan fingerprint density at radius 3 is 2.54 bits per heavy atom. The fraction of sp³-hybridized carbons (Fsp3) is 0.586. The largest absolute Gasteiger partial charge is 0.467 e. The highest BCUT2D eigenvalue weighted by Crippen LogP contribution is 2.51. The smallest absolute Gasteiger partial charge is 0.192 e. The highest BCUT2D eigenvalue weighted by atomic mass is 35.5. The van der Waals surface area contributed by atoms with Crippen LogP contribution >= 0.6 is 11.6 Å². The van der Waals surface area contributed by atoms with E-state index in [1.807, 2.05) is 19.1 Å². The fourth-order valence-corrected chi connectivity index (χ4v) is 7.93. The van der Waals surface area contributed by atoms with Crippen LogP contribution in [-0.4, -0.2) is 42.6 Å². The van der Waals surface area contributed by atoms with Gasteiger partial charge in [0.15, 0.2) is 20.8 Å². The van der Waals surface area contributed by atoms with Crippen LogP contribution in [0.25, 0.3) is 22.3 Å². The van der Waals surface area contributed by atoms with Gasteiger partial charge in [-0.1, -0.05) is 32.4 Å². The highest BCUT2D eigenvalue weighted by molar-refractivity contribution is 6.74. The summed E-state index contributed by atoms with van der Waals surface area (Å²) in [5.41, 5.74) is 6.51. The Morgan fingerprint density at radius 2 is 1.86 bits per heavy atom. The molecule has 2 heterocycles. The number of ether oxygens (including phenoxy) is 2. The summed E-state index contributed by atoms with van der Waals surface area (Å²) >= 11 is 6.34. The van der Waals surface area contributed by atoms with Crippen molar-refractivity contribution >= 4 is 31.0 Å². The normalized spacial score (nSPS) is 21.8. The van der Waals surface area contributed by atoms with E-state index in [-0.39, 0.29) is 17.4 Å². The van der Waals surface area contributed by atoms with E-state index < -0.39 is 8.32 Å². The third-order valence-corrected chi connectivity index (χ3v) is 13.5. The molecule has 200 valence electrons. The maximum atomic E-state index is 6.89. The van der Waals surface area contributed by atoms with Gasteiger partial charge < -0.3 is 18.5 Å². The second kappa shape index (κ2) is 9.37. The molecule has 0 atom stereocenters. The average Bonchev–Trinajstić information content (AvgIpc) is 3.35. The van der Waals surface area contributed by atoms with Gasteiger partial charge in [-0.15, -0.1) is 10.2 Å². The van der Waals surface area contributed by atoms with Crippen molar-refractivity contribution in [3.63, 3.8) is 0 Å². The zero-order valence-electron chi connectivity index (χ0n) is 23.5. The fourth-order valence-electron chi connectivity index (χ4n) is 5.96. The molecule has 8 heteroatoms. The summed E-state index contributed by atoms with van der Waals surface area (Å²) in [4.78, 5) is 0. The molecule has 3 aromatic rings. The minimum atomic E-state index is -1.84. The molecule has 0 N–H and O–H groups in total. The van der Waals surface area contributed by atoms with Crippen molar-refractivity contribution in [2.45, 2.75) is 96.5 Å². The van der Waals surface area contributed by atoms with E-state index in [0.717, 1.165) is 48.2 Å². The molecule has 0 bridgehead atoms. The Balaban J connectivity index is 1.50. The topological polar surface area (TPSA) is 58.4 Å². The summed E-state index contributed by atoms with van der Waals surface area (Å²) in [6.45, 7) is 16.1. The lowest BCUT2D eigenvalue weighted by molar-refractivity contribution is -0.0383. The second-order valence-electron chi connectivity index (χ2n) is 12.6. The average molecular weight is 542 g/mol. The van der Waals surface area contributed by atoms with Crippen molar-refractivity contribution < 1.29 is 13.9 Å². The van der Waals surface area contributed by atoms with Gasteiger partial charge >= 0.3 is 0 Å². The minimum absolute atomic E-state index is 0.0723. The minimum Gasteiger partial charge on any atom is -0.467 e. The van der Waals surface area contributed by atoms with E-state index in [0.29, 0.717) is 16.8 Å². The highest BCUT2D eigenvalue weighted by Gasteiger charge is 2.50. The molecular formula is C29H40ClN3O3Si. The number of nitrogens with zero attached hydrogens (tertiary/aromatic N) is 3. The van der Waals surface area contributed by atoms with E-state index in [1.54, 1.807) is 7.11 Å². The van der Waals surface area contributed by atoms with Crippen LogP contribution in [-0.2, 0) is 22.0 Å². The van der Waals surface area contributed by atoms with Crippen LogP contribution in [0.4, 0.5) is 0 Å². The van der Waals surface area contributed by atoms with Gasteiger partial charge in [-0.2, -0.15) is 0 Å². The van der Waals surface area contributed by atoms with Crippen molar-refractivity contribution in [1.29, 1.82) is 0 Å². The molecule has 5 rings (SSSR count). The predicted octanol–water partition coefficient (Wildman–Crippen LogP) is 7.65. The SMILES string of the molecule is COCOc1cc(Cl)cc(C)c1-c1cc2c3c(n(C4CC(C)(O[Si](C)(C)C(C)(C)C)C4)c2nn1)CCC3. The summed E-state index contributed by atoms with van der Waals surface area (Å²) in [6, 6.07) is 6.36. The molecule has 37 heavy (non-hydrogen) atoms. The Labute approximate surface area is 226 Å². The molecule has 1 aromatic carbocycles. The number of methoxy groups -OCH3 is 1. The third-order valence-electron chi connectivity index (χ3n) is 8.67. The molecule has 0 spiro atoms. The standard InChI is InChI=1S/C29H40ClN3O3Si/c1-18-12-19(30)13-25(35-17-34-6)26(18)23-14-22-21-10-9-11-24(21)33(27(22)32-31-23)20-15-29(5,16-20)36-37(7,8)28(2,3)4/h12-14,20H,9-11,15-17H2,1-8H3. The molecule has 1 fully saturated rings. The lowest BCUT2D eigenvalue weighted by Gasteiger charge is -2.52. The van der Waals surface area contributed by atoms with Gasteiger partial charge in [0.05, 0.1) is 11.3 Å². The first-order valence-corrected chi connectivity index (χ1v) is 16.6. The molecule has 2 aliphatic carbocycles. The molecule has 6 nitrogen and oxygen atoms in total. The quantitative estimate of drug-likeness (QED) is 0.227. The van der Waals surface area contributed by atoms with Gasteiger partial charge in [-0.3, -0.25) is 0 Å². The maximum Gasteiger partial charge on any atom is 0.192 e. The zero-order chi connectivity index (χ0) is 26.8. The van der Waals surface area contributed by atoms with Crippen molar-refractivity contribution in [3.05, 3.63) is 40.0 Å². The first kappa shape index (κ1) is 26.7. The van der Waals surface area contributed by atoms with Gasteiger partial charge in [-0.25, -0.2) is 0 Å². The van der Waals surface area contributed by atoms with Crippen molar-refractivity contribution in [2.24, 2.45) is 0 Å². The number of rotatable bonds is 7. The van der Waals surface area contributed by atoms with E-state index in [2.05, 4.69) is 51.4 Å². The van der Waals surface area contributed by atoms with E-state index in [1.165, 1.54) is 23.1 Å². The zero-order valence-corrected chi connectivity index (χ0v) is 25.3. The van der Waals surface area contributed by atoms with E-state index >= 15 is 0 Å².